The number of ether oxygens (including phenoxy) is 2. The van der Waals surface area contributed by atoms with Crippen LogP contribution in [-0.4, -0.2) is 61.5 Å². The summed E-state index contributed by atoms with van der Waals surface area (Å²) in [5, 5.41) is 2.06. The summed E-state index contributed by atoms with van der Waals surface area (Å²) in [6, 6.07) is 20.9. The van der Waals surface area contributed by atoms with Crippen LogP contribution in [-0.2, 0) is 4.79 Å². The highest BCUT2D eigenvalue weighted by molar-refractivity contribution is 5.95. The van der Waals surface area contributed by atoms with Gasteiger partial charge in [-0.2, -0.15) is 0 Å². The first kappa shape index (κ1) is 19.8. The van der Waals surface area contributed by atoms with E-state index < -0.39 is 0 Å². The van der Waals surface area contributed by atoms with E-state index in [1.165, 1.54) is 0 Å². The predicted octanol–water partition coefficient (Wildman–Crippen LogP) is 3.21. The number of hydrogen-bond acceptors (Lipinski definition) is 4. The Morgan fingerprint density at radius 1 is 0.867 bits per heavy atom. The predicted molar refractivity (Wildman–Crippen MR) is 115 cm³/mol. The quantitative estimate of drug-likeness (QED) is 0.655. The van der Waals surface area contributed by atoms with Crippen LogP contribution in [0.2, 0.25) is 0 Å². The fourth-order valence-corrected chi connectivity index (χ4v) is 3.65. The molecule has 0 N–H and O–H groups in total. The van der Waals surface area contributed by atoms with Gasteiger partial charge in [0.2, 0.25) is 0 Å². The zero-order chi connectivity index (χ0) is 20.9. The molecule has 2 amide bonds. The van der Waals surface area contributed by atoms with Gasteiger partial charge in [0.05, 0.1) is 7.11 Å². The minimum Gasteiger partial charge on any atom is -0.497 e. The Morgan fingerprint density at radius 3 is 2.37 bits per heavy atom. The standard InChI is InChI=1S/C24H24N2O4/c1-29-20-9-4-8-19(16-20)24(28)26-14-12-25(13-15-26)23(27)17-30-22-11-5-7-18-6-2-3-10-21(18)22/h2-11,16H,12-15,17H2,1H3. The summed E-state index contributed by atoms with van der Waals surface area (Å²) in [5.41, 5.74) is 0.591. The second kappa shape index (κ2) is 8.86. The Labute approximate surface area is 175 Å². The van der Waals surface area contributed by atoms with Crippen molar-refractivity contribution in [3.63, 3.8) is 0 Å². The molecule has 0 saturated carbocycles. The van der Waals surface area contributed by atoms with Crippen LogP contribution in [0.5, 0.6) is 11.5 Å². The van der Waals surface area contributed by atoms with Crippen molar-refractivity contribution in [3.8, 4) is 11.5 Å². The molecule has 0 atom stereocenters. The first-order valence-electron chi connectivity index (χ1n) is 9.97. The molecule has 1 aliphatic heterocycles. The zero-order valence-corrected chi connectivity index (χ0v) is 16.9. The van der Waals surface area contributed by atoms with E-state index in [0.29, 0.717) is 43.2 Å². The number of rotatable bonds is 5. The molecule has 1 aliphatic rings. The van der Waals surface area contributed by atoms with E-state index in [9.17, 15) is 9.59 Å². The molecule has 1 heterocycles. The molecule has 3 aromatic rings. The highest BCUT2D eigenvalue weighted by Crippen LogP contribution is 2.25. The highest BCUT2D eigenvalue weighted by atomic mass is 16.5. The van der Waals surface area contributed by atoms with Crippen LogP contribution in [0.25, 0.3) is 10.8 Å². The van der Waals surface area contributed by atoms with Crippen LogP contribution in [0.15, 0.2) is 66.7 Å². The van der Waals surface area contributed by atoms with Crippen molar-refractivity contribution < 1.29 is 19.1 Å². The van der Waals surface area contributed by atoms with Gasteiger partial charge in [0.1, 0.15) is 11.5 Å². The second-order valence-electron chi connectivity index (χ2n) is 7.17. The lowest BCUT2D eigenvalue weighted by Crippen LogP contribution is -2.51. The van der Waals surface area contributed by atoms with Gasteiger partial charge in [0, 0.05) is 37.1 Å². The summed E-state index contributed by atoms with van der Waals surface area (Å²) in [6.07, 6.45) is 0. The molecule has 4 rings (SSSR count). The van der Waals surface area contributed by atoms with Crippen molar-refractivity contribution in [2.75, 3.05) is 39.9 Å². The number of fused-ring (bicyclic) bond motifs is 1. The number of hydrogen-bond donors (Lipinski definition) is 0. The average molecular weight is 404 g/mol. The summed E-state index contributed by atoms with van der Waals surface area (Å²) in [6.45, 7) is 1.96. The molecular weight excluding hydrogens is 380 g/mol. The van der Waals surface area contributed by atoms with Crippen LogP contribution in [0.4, 0.5) is 0 Å². The third-order valence-electron chi connectivity index (χ3n) is 5.34. The Balaban J connectivity index is 1.32. The molecule has 0 spiro atoms. The van der Waals surface area contributed by atoms with Crippen molar-refractivity contribution in [2.45, 2.75) is 0 Å². The van der Waals surface area contributed by atoms with Gasteiger partial charge in [-0.25, -0.2) is 0 Å². The first-order chi connectivity index (χ1) is 14.7. The van der Waals surface area contributed by atoms with Gasteiger partial charge in [0.25, 0.3) is 11.8 Å². The van der Waals surface area contributed by atoms with E-state index in [0.717, 1.165) is 10.8 Å². The minimum atomic E-state index is -0.0728. The van der Waals surface area contributed by atoms with E-state index in [4.69, 9.17) is 9.47 Å². The molecule has 0 radical (unpaired) electrons. The van der Waals surface area contributed by atoms with Gasteiger partial charge in [-0.3, -0.25) is 9.59 Å². The highest BCUT2D eigenvalue weighted by Gasteiger charge is 2.25. The van der Waals surface area contributed by atoms with E-state index >= 15 is 0 Å². The molecule has 6 nitrogen and oxygen atoms in total. The number of nitrogens with zero attached hydrogens (tertiary/aromatic N) is 2. The molecule has 0 unspecified atom stereocenters. The first-order valence-corrected chi connectivity index (χ1v) is 9.97. The molecular formula is C24H24N2O4. The van der Waals surface area contributed by atoms with Crippen molar-refractivity contribution >= 4 is 22.6 Å². The molecule has 0 aromatic heterocycles. The summed E-state index contributed by atoms with van der Waals surface area (Å²) < 4.78 is 11.0. The maximum atomic E-state index is 12.7. The smallest absolute Gasteiger partial charge is 0.260 e. The topological polar surface area (TPSA) is 59.1 Å². The maximum Gasteiger partial charge on any atom is 0.260 e. The number of methoxy groups -OCH3 is 1. The fraction of sp³-hybridized carbons (Fsp3) is 0.250. The SMILES string of the molecule is COc1cccc(C(=O)N2CCN(C(=O)COc3cccc4ccccc34)CC2)c1. The van der Waals surface area contributed by atoms with Gasteiger partial charge in [-0.15, -0.1) is 0 Å². The zero-order valence-electron chi connectivity index (χ0n) is 16.9. The Hall–Kier alpha value is -3.54. The van der Waals surface area contributed by atoms with Crippen LogP contribution < -0.4 is 9.47 Å². The molecule has 1 saturated heterocycles. The third-order valence-corrected chi connectivity index (χ3v) is 5.34. The van der Waals surface area contributed by atoms with Crippen molar-refractivity contribution in [1.29, 1.82) is 0 Å². The number of amides is 2. The van der Waals surface area contributed by atoms with E-state index in [-0.39, 0.29) is 18.4 Å². The molecule has 6 heteroatoms. The Kier molecular flexibility index (Phi) is 5.84. The van der Waals surface area contributed by atoms with Gasteiger partial charge in [0.15, 0.2) is 6.61 Å². The van der Waals surface area contributed by atoms with Gasteiger partial charge < -0.3 is 19.3 Å². The van der Waals surface area contributed by atoms with Crippen molar-refractivity contribution in [1.82, 2.24) is 9.80 Å². The van der Waals surface area contributed by atoms with Gasteiger partial charge in [-0.1, -0.05) is 42.5 Å². The summed E-state index contributed by atoms with van der Waals surface area (Å²) >= 11 is 0. The molecule has 154 valence electrons. The van der Waals surface area contributed by atoms with Gasteiger partial charge >= 0.3 is 0 Å². The molecule has 0 bridgehead atoms. The van der Waals surface area contributed by atoms with E-state index in [1.54, 1.807) is 35.1 Å². The molecule has 30 heavy (non-hydrogen) atoms. The average Bonchev–Trinajstić information content (AvgIpc) is 2.82. The van der Waals surface area contributed by atoms with Crippen LogP contribution in [0, 0.1) is 0 Å². The Bertz CT molecular complexity index is 1050. The lowest BCUT2D eigenvalue weighted by atomic mass is 10.1. The Morgan fingerprint density at radius 2 is 1.57 bits per heavy atom. The molecule has 3 aromatic carbocycles. The van der Waals surface area contributed by atoms with Crippen LogP contribution in [0.1, 0.15) is 10.4 Å². The summed E-state index contributed by atoms with van der Waals surface area (Å²) in [7, 11) is 1.58. The summed E-state index contributed by atoms with van der Waals surface area (Å²) in [4.78, 5) is 28.9. The van der Waals surface area contributed by atoms with Gasteiger partial charge in [-0.05, 0) is 29.7 Å². The number of piperazine rings is 1. The number of carbonyl (C=O) groups excluding carboxylic acids is 2. The molecule has 1 fully saturated rings. The fourth-order valence-electron chi connectivity index (χ4n) is 3.65. The lowest BCUT2D eigenvalue weighted by molar-refractivity contribution is -0.134. The van der Waals surface area contributed by atoms with Crippen LogP contribution in [0.3, 0.4) is 0 Å². The van der Waals surface area contributed by atoms with Crippen LogP contribution >= 0.6 is 0 Å². The lowest BCUT2D eigenvalue weighted by Gasteiger charge is -2.34. The van der Waals surface area contributed by atoms with Crippen molar-refractivity contribution in [2.24, 2.45) is 0 Å². The molecule has 0 aliphatic carbocycles. The van der Waals surface area contributed by atoms with Crippen molar-refractivity contribution in [3.05, 3.63) is 72.3 Å². The van der Waals surface area contributed by atoms with E-state index in [2.05, 4.69) is 0 Å². The summed E-state index contributed by atoms with van der Waals surface area (Å²) in [5.74, 6) is 1.23. The van der Waals surface area contributed by atoms with E-state index in [1.807, 2.05) is 48.5 Å². The number of benzene rings is 3. The third kappa shape index (κ3) is 4.22. The monoisotopic (exact) mass is 404 g/mol. The normalized spacial score (nSPS) is 13.9. The number of carbonyl (C=O) groups is 2. The maximum absolute atomic E-state index is 12.7. The largest absolute Gasteiger partial charge is 0.497 e. The minimum absolute atomic E-state index is 0.0160. The second-order valence-corrected chi connectivity index (χ2v) is 7.17.